The first-order chi connectivity index (χ1) is 10.5. The van der Waals surface area contributed by atoms with E-state index in [1.807, 2.05) is 6.07 Å². The first-order valence-electron chi connectivity index (χ1n) is 6.53. The van der Waals surface area contributed by atoms with Crippen molar-refractivity contribution in [1.29, 1.82) is 5.26 Å². The van der Waals surface area contributed by atoms with Gasteiger partial charge in [-0.15, -0.1) is 0 Å². The zero-order valence-corrected chi connectivity index (χ0v) is 11.9. The highest BCUT2D eigenvalue weighted by Crippen LogP contribution is 2.20. The summed E-state index contributed by atoms with van der Waals surface area (Å²) in [5.74, 6) is -0.420. The van der Waals surface area contributed by atoms with Crippen molar-refractivity contribution in [3.63, 3.8) is 0 Å². The Morgan fingerprint density at radius 2 is 1.95 bits per heavy atom. The van der Waals surface area contributed by atoms with Crippen LogP contribution in [0.25, 0.3) is 0 Å². The Kier molecular flexibility index (Phi) is 4.49. The minimum Gasteiger partial charge on any atom is -0.322 e. The van der Waals surface area contributed by atoms with E-state index >= 15 is 0 Å². The summed E-state index contributed by atoms with van der Waals surface area (Å²) in [4.78, 5) is 22.5. The average Bonchev–Trinajstić information content (AvgIpc) is 2.49. The van der Waals surface area contributed by atoms with Crippen molar-refractivity contribution in [2.45, 2.75) is 13.3 Å². The summed E-state index contributed by atoms with van der Waals surface area (Å²) in [7, 11) is 0. The molecule has 1 N–H and O–H groups in total. The van der Waals surface area contributed by atoms with E-state index in [0.29, 0.717) is 17.7 Å². The first kappa shape index (κ1) is 15.2. The number of nitro benzene ring substituents is 1. The lowest BCUT2D eigenvalue weighted by atomic mass is 10.1. The molecule has 2 aromatic carbocycles. The van der Waals surface area contributed by atoms with Crippen LogP contribution in [0, 0.1) is 28.4 Å². The van der Waals surface area contributed by atoms with E-state index in [0.717, 1.165) is 5.56 Å². The van der Waals surface area contributed by atoms with Crippen molar-refractivity contribution >= 4 is 17.3 Å². The summed E-state index contributed by atoms with van der Waals surface area (Å²) in [6, 6.07) is 13.3. The highest BCUT2D eigenvalue weighted by atomic mass is 16.6. The van der Waals surface area contributed by atoms with Gasteiger partial charge in [0.15, 0.2) is 0 Å². The number of hydrogen-bond acceptors (Lipinski definition) is 4. The van der Waals surface area contributed by atoms with E-state index in [-0.39, 0.29) is 11.3 Å². The molecular weight excluding hydrogens is 282 g/mol. The van der Waals surface area contributed by atoms with E-state index in [1.165, 1.54) is 6.07 Å². The molecule has 0 aliphatic rings. The van der Waals surface area contributed by atoms with Gasteiger partial charge in [-0.3, -0.25) is 14.9 Å². The molecule has 0 radical (unpaired) electrons. The molecule has 0 spiro atoms. The number of carbonyl (C=O) groups excluding carboxylic acids is 1. The fraction of sp³-hybridized carbons (Fsp3) is 0.125. The lowest BCUT2D eigenvalue weighted by molar-refractivity contribution is -0.385. The number of anilines is 1. The molecule has 110 valence electrons. The molecule has 2 rings (SSSR count). The minimum atomic E-state index is -0.511. The van der Waals surface area contributed by atoms with E-state index in [2.05, 4.69) is 5.32 Å². The highest BCUT2D eigenvalue weighted by Gasteiger charge is 2.15. The van der Waals surface area contributed by atoms with Crippen LogP contribution in [0.1, 0.15) is 21.5 Å². The number of nitrogens with one attached hydrogen (secondary N) is 1. The van der Waals surface area contributed by atoms with E-state index in [1.54, 1.807) is 43.3 Å². The second-order valence-electron chi connectivity index (χ2n) is 4.74. The Labute approximate surface area is 127 Å². The zero-order chi connectivity index (χ0) is 16.1. The fourth-order valence-electron chi connectivity index (χ4n) is 1.95. The smallest absolute Gasteiger partial charge is 0.273 e. The molecule has 22 heavy (non-hydrogen) atoms. The standard InChI is InChI=1S/C16H13N3O3/c1-11-2-5-13(10-15(11)19(21)22)16(20)18-14-6-3-12(4-7-14)8-9-17/h2-7,10H,8H2,1H3,(H,18,20). The molecular formula is C16H13N3O3. The normalized spacial score (nSPS) is 9.82. The molecule has 0 aromatic heterocycles. The number of nitriles is 1. The van der Waals surface area contributed by atoms with Gasteiger partial charge in [0.1, 0.15) is 0 Å². The van der Waals surface area contributed by atoms with Crippen LogP contribution >= 0.6 is 0 Å². The number of aryl methyl sites for hydroxylation is 1. The summed E-state index contributed by atoms with van der Waals surface area (Å²) in [6.07, 6.45) is 0.304. The predicted octanol–water partition coefficient (Wildman–Crippen LogP) is 3.22. The SMILES string of the molecule is Cc1ccc(C(=O)Nc2ccc(CC#N)cc2)cc1[N+](=O)[O-]. The van der Waals surface area contributed by atoms with Crippen LogP contribution in [0.5, 0.6) is 0 Å². The quantitative estimate of drug-likeness (QED) is 0.691. The number of rotatable bonds is 4. The van der Waals surface area contributed by atoms with E-state index < -0.39 is 10.8 Å². The van der Waals surface area contributed by atoms with Crippen molar-refractivity contribution < 1.29 is 9.72 Å². The van der Waals surface area contributed by atoms with Crippen LogP contribution in [-0.4, -0.2) is 10.8 Å². The van der Waals surface area contributed by atoms with Gasteiger partial charge in [0.2, 0.25) is 0 Å². The average molecular weight is 295 g/mol. The Morgan fingerprint density at radius 3 is 2.55 bits per heavy atom. The third kappa shape index (κ3) is 3.46. The van der Waals surface area contributed by atoms with Gasteiger partial charge in [0.05, 0.1) is 17.4 Å². The minimum absolute atomic E-state index is 0.0861. The maximum Gasteiger partial charge on any atom is 0.273 e. The summed E-state index contributed by atoms with van der Waals surface area (Å²) in [5, 5.41) is 22.2. The van der Waals surface area contributed by atoms with Gasteiger partial charge in [0.25, 0.3) is 11.6 Å². The maximum absolute atomic E-state index is 12.1. The van der Waals surface area contributed by atoms with Crippen molar-refractivity contribution in [3.05, 3.63) is 69.3 Å². The third-order valence-corrected chi connectivity index (χ3v) is 3.16. The molecule has 2 aromatic rings. The first-order valence-corrected chi connectivity index (χ1v) is 6.53. The van der Waals surface area contributed by atoms with Crippen molar-refractivity contribution in [1.82, 2.24) is 0 Å². The summed E-state index contributed by atoms with van der Waals surface area (Å²) in [6.45, 7) is 1.62. The van der Waals surface area contributed by atoms with Crippen LogP contribution in [0.15, 0.2) is 42.5 Å². The van der Waals surface area contributed by atoms with Gasteiger partial charge in [-0.1, -0.05) is 18.2 Å². The monoisotopic (exact) mass is 295 g/mol. The summed E-state index contributed by atoms with van der Waals surface area (Å²) in [5.41, 5.74) is 2.05. The van der Waals surface area contributed by atoms with Crippen molar-refractivity contribution in [3.8, 4) is 6.07 Å². The number of nitrogens with zero attached hydrogens (tertiary/aromatic N) is 2. The lowest BCUT2D eigenvalue weighted by Gasteiger charge is -2.06. The molecule has 0 aliphatic carbocycles. The molecule has 6 nitrogen and oxygen atoms in total. The van der Waals surface area contributed by atoms with E-state index in [4.69, 9.17) is 5.26 Å². The third-order valence-electron chi connectivity index (χ3n) is 3.16. The number of benzene rings is 2. The molecule has 0 heterocycles. The topological polar surface area (TPSA) is 96.0 Å². The zero-order valence-electron chi connectivity index (χ0n) is 11.9. The molecule has 0 fully saturated rings. The molecule has 0 atom stereocenters. The lowest BCUT2D eigenvalue weighted by Crippen LogP contribution is -2.12. The van der Waals surface area contributed by atoms with Crippen LogP contribution in [0.3, 0.4) is 0 Å². The summed E-state index contributed by atoms with van der Waals surface area (Å²) >= 11 is 0. The van der Waals surface area contributed by atoms with Gasteiger partial charge >= 0.3 is 0 Å². The molecule has 0 unspecified atom stereocenters. The van der Waals surface area contributed by atoms with Crippen LogP contribution in [0.4, 0.5) is 11.4 Å². The van der Waals surface area contributed by atoms with Gasteiger partial charge in [-0.2, -0.15) is 5.26 Å². The summed E-state index contributed by atoms with van der Waals surface area (Å²) < 4.78 is 0. The van der Waals surface area contributed by atoms with Gasteiger partial charge in [-0.25, -0.2) is 0 Å². The maximum atomic E-state index is 12.1. The molecule has 1 amide bonds. The highest BCUT2D eigenvalue weighted by molar-refractivity contribution is 6.04. The van der Waals surface area contributed by atoms with Crippen LogP contribution < -0.4 is 5.32 Å². The van der Waals surface area contributed by atoms with Gasteiger partial charge < -0.3 is 5.32 Å². The number of carbonyl (C=O) groups is 1. The number of hydrogen-bond donors (Lipinski definition) is 1. The fourth-order valence-corrected chi connectivity index (χ4v) is 1.95. The van der Waals surface area contributed by atoms with Crippen molar-refractivity contribution in [2.75, 3.05) is 5.32 Å². The largest absolute Gasteiger partial charge is 0.322 e. The predicted molar refractivity (Wildman–Crippen MR) is 81.5 cm³/mol. The Balaban J connectivity index is 2.17. The van der Waals surface area contributed by atoms with Gasteiger partial charge in [-0.05, 0) is 30.7 Å². The number of nitro groups is 1. The van der Waals surface area contributed by atoms with Gasteiger partial charge in [0, 0.05) is 22.9 Å². The Morgan fingerprint density at radius 1 is 1.27 bits per heavy atom. The molecule has 0 bridgehead atoms. The van der Waals surface area contributed by atoms with Crippen LogP contribution in [-0.2, 0) is 6.42 Å². The van der Waals surface area contributed by atoms with Crippen LogP contribution in [0.2, 0.25) is 0 Å². The second kappa shape index (κ2) is 6.50. The second-order valence-corrected chi connectivity index (χ2v) is 4.74. The number of amides is 1. The van der Waals surface area contributed by atoms with Crippen molar-refractivity contribution in [2.24, 2.45) is 0 Å². The van der Waals surface area contributed by atoms with E-state index in [9.17, 15) is 14.9 Å². The molecule has 0 saturated heterocycles. The molecule has 6 heteroatoms. The Bertz CT molecular complexity index is 761. The Hall–Kier alpha value is -3.20. The molecule has 0 aliphatic heterocycles. The molecule has 0 saturated carbocycles.